The van der Waals surface area contributed by atoms with Gasteiger partial charge < -0.3 is 0 Å². The second-order valence-electron chi connectivity index (χ2n) is 2.58. The van der Waals surface area contributed by atoms with E-state index in [2.05, 4.69) is 9.98 Å². The molecule has 0 unspecified atom stereocenters. The Labute approximate surface area is 86.5 Å². The Bertz CT molecular complexity index is 291. The quantitative estimate of drug-likeness (QED) is 0.371. The van der Waals surface area contributed by atoms with Crippen molar-refractivity contribution in [2.45, 2.75) is 20.8 Å². The normalized spacial score (nSPS) is 15.1. The molecule has 0 spiro atoms. The van der Waals surface area contributed by atoms with E-state index in [9.17, 15) is 0 Å². The monoisotopic (exact) mass is 190 g/mol. The molecule has 0 N–H and O–H groups in total. The van der Waals surface area contributed by atoms with Crippen LogP contribution in [0.15, 0.2) is 45.9 Å². The predicted molar refractivity (Wildman–Crippen MR) is 65.2 cm³/mol. The van der Waals surface area contributed by atoms with Crippen LogP contribution >= 0.6 is 0 Å². The summed E-state index contributed by atoms with van der Waals surface area (Å²) >= 11 is 0. The maximum Gasteiger partial charge on any atom is 0.153 e. The van der Waals surface area contributed by atoms with Gasteiger partial charge in [-0.2, -0.15) is 0 Å². The Morgan fingerprint density at radius 2 is 1.79 bits per heavy atom. The minimum absolute atomic E-state index is 0.753. The van der Waals surface area contributed by atoms with Crippen LogP contribution in [-0.2, 0) is 0 Å². The van der Waals surface area contributed by atoms with Crippen molar-refractivity contribution in [1.82, 2.24) is 0 Å². The summed E-state index contributed by atoms with van der Waals surface area (Å²) in [4.78, 5) is 8.30. The summed E-state index contributed by atoms with van der Waals surface area (Å²) in [6.45, 7) is 5.84. The zero-order chi connectivity index (χ0) is 10.8. The van der Waals surface area contributed by atoms with Gasteiger partial charge in [0.25, 0.3) is 0 Å². The van der Waals surface area contributed by atoms with E-state index in [0.29, 0.717) is 0 Å². The lowest BCUT2D eigenvalue weighted by Crippen LogP contribution is -1.97. The fraction of sp³-hybridized carbons (Fsp3) is 0.333. The number of allylic oxidation sites excluding steroid dienone is 4. The molecule has 0 amide bonds. The van der Waals surface area contributed by atoms with Gasteiger partial charge in [-0.3, -0.25) is 4.99 Å². The van der Waals surface area contributed by atoms with Gasteiger partial charge in [0.15, 0.2) is 5.84 Å². The Balaban J connectivity index is 4.98. The van der Waals surface area contributed by atoms with Crippen LogP contribution in [-0.4, -0.2) is 19.1 Å². The first-order valence-corrected chi connectivity index (χ1v) is 4.71. The summed E-state index contributed by atoms with van der Waals surface area (Å²) in [5.74, 6) is 0.753. The second-order valence-corrected chi connectivity index (χ2v) is 2.58. The molecule has 0 aromatic rings. The zero-order valence-electron chi connectivity index (χ0n) is 9.36. The standard InChI is InChI=1S/C12H18N2/c1-5-8-10-11(9-6-2)12(13-4)14-7-3/h5-10H,1-4H3/b8-5-,9-6-,11-10+,13-12?,14-7?. The average molecular weight is 190 g/mol. The topological polar surface area (TPSA) is 24.7 Å². The molecule has 0 heterocycles. The lowest BCUT2D eigenvalue weighted by atomic mass is 10.2. The van der Waals surface area contributed by atoms with Crippen LogP contribution in [0.4, 0.5) is 0 Å². The van der Waals surface area contributed by atoms with Gasteiger partial charge in [-0.25, -0.2) is 4.99 Å². The van der Waals surface area contributed by atoms with Crippen molar-refractivity contribution in [2.75, 3.05) is 7.05 Å². The first kappa shape index (κ1) is 12.6. The van der Waals surface area contributed by atoms with Gasteiger partial charge in [0, 0.05) is 18.8 Å². The molecule has 76 valence electrons. The minimum atomic E-state index is 0.753. The first-order chi connectivity index (χ1) is 6.79. The molecule has 0 saturated heterocycles. The molecule has 0 aliphatic rings. The summed E-state index contributed by atoms with van der Waals surface area (Å²) in [5.41, 5.74) is 1.02. The maximum atomic E-state index is 4.19. The predicted octanol–water partition coefficient (Wildman–Crippen LogP) is 3.18. The van der Waals surface area contributed by atoms with Gasteiger partial charge in [-0.1, -0.05) is 30.4 Å². The Hall–Kier alpha value is -1.44. The number of nitrogens with zero attached hydrogens (tertiary/aromatic N) is 2. The minimum Gasteiger partial charge on any atom is -0.270 e. The molecule has 0 aromatic carbocycles. The lowest BCUT2D eigenvalue weighted by Gasteiger charge is -1.99. The van der Waals surface area contributed by atoms with Crippen molar-refractivity contribution in [1.29, 1.82) is 0 Å². The second kappa shape index (κ2) is 8.17. The third-order valence-electron chi connectivity index (χ3n) is 1.54. The Kier molecular flexibility index (Phi) is 7.33. The van der Waals surface area contributed by atoms with E-state index in [-0.39, 0.29) is 0 Å². The van der Waals surface area contributed by atoms with Crippen molar-refractivity contribution in [3.05, 3.63) is 36.0 Å². The third kappa shape index (κ3) is 4.55. The van der Waals surface area contributed by atoms with Gasteiger partial charge in [0.1, 0.15) is 0 Å². The van der Waals surface area contributed by atoms with E-state index in [4.69, 9.17) is 0 Å². The largest absolute Gasteiger partial charge is 0.270 e. The maximum absolute atomic E-state index is 4.19. The van der Waals surface area contributed by atoms with Crippen LogP contribution in [0.25, 0.3) is 0 Å². The van der Waals surface area contributed by atoms with E-state index in [0.717, 1.165) is 11.4 Å². The highest BCUT2D eigenvalue weighted by atomic mass is 14.9. The molecular formula is C12H18N2. The van der Waals surface area contributed by atoms with Crippen molar-refractivity contribution in [2.24, 2.45) is 9.98 Å². The highest BCUT2D eigenvalue weighted by Gasteiger charge is 1.97. The summed E-state index contributed by atoms with van der Waals surface area (Å²) in [6, 6.07) is 0. The lowest BCUT2D eigenvalue weighted by molar-refractivity contribution is 1.39. The van der Waals surface area contributed by atoms with Crippen molar-refractivity contribution >= 4 is 12.1 Å². The van der Waals surface area contributed by atoms with Crippen molar-refractivity contribution in [3.63, 3.8) is 0 Å². The summed E-state index contributed by atoms with van der Waals surface area (Å²) in [6.07, 6.45) is 11.7. The SMILES string of the molecule is CC=NC(=NC)C(/C=C\C)=C/C=C\C. The van der Waals surface area contributed by atoms with Crippen LogP contribution in [0, 0.1) is 0 Å². The highest BCUT2D eigenvalue weighted by molar-refractivity contribution is 6.04. The molecule has 0 rings (SSSR count). The van der Waals surface area contributed by atoms with E-state index in [1.54, 1.807) is 13.3 Å². The number of hydrogen-bond donors (Lipinski definition) is 0. The van der Waals surface area contributed by atoms with Gasteiger partial charge in [0.05, 0.1) is 0 Å². The van der Waals surface area contributed by atoms with Gasteiger partial charge in [0.2, 0.25) is 0 Å². The van der Waals surface area contributed by atoms with E-state index in [1.165, 1.54) is 0 Å². The Morgan fingerprint density at radius 1 is 1.07 bits per heavy atom. The van der Waals surface area contributed by atoms with Crippen LogP contribution in [0.1, 0.15) is 20.8 Å². The van der Waals surface area contributed by atoms with Crippen LogP contribution in [0.3, 0.4) is 0 Å². The van der Waals surface area contributed by atoms with Crippen molar-refractivity contribution < 1.29 is 0 Å². The molecule has 0 fully saturated rings. The highest BCUT2D eigenvalue weighted by Crippen LogP contribution is 2.03. The Morgan fingerprint density at radius 3 is 2.21 bits per heavy atom. The average Bonchev–Trinajstić information content (AvgIpc) is 2.21. The molecule has 2 heteroatoms. The molecular weight excluding hydrogens is 172 g/mol. The van der Waals surface area contributed by atoms with Gasteiger partial charge >= 0.3 is 0 Å². The molecule has 0 aromatic heterocycles. The third-order valence-corrected chi connectivity index (χ3v) is 1.54. The van der Waals surface area contributed by atoms with Crippen LogP contribution < -0.4 is 0 Å². The van der Waals surface area contributed by atoms with E-state index >= 15 is 0 Å². The fourth-order valence-electron chi connectivity index (χ4n) is 0.968. The van der Waals surface area contributed by atoms with Crippen LogP contribution in [0.2, 0.25) is 0 Å². The molecule has 0 radical (unpaired) electrons. The number of aliphatic imine (C=N–C) groups is 2. The molecule has 0 aliphatic heterocycles. The molecule has 0 atom stereocenters. The fourth-order valence-corrected chi connectivity index (χ4v) is 0.968. The van der Waals surface area contributed by atoms with E-state index < -0.39 is 0 Å². The van der Waals surface area contributed by atoms with E-state index in [1.807, 2.05) is 51.2 Å². The number of rotatable bonds is 3. The summed E-state index contributed by atoms with van der Waals surface area (Å²) in [7, 11) is 1.75. The molecule has 0 saturated carbocycles. The summed E-state index contributed by atoms with van der Waals surface area (Å²) < 4.78 is 0. The number of hydrogen-bond acceptors (Lipinski definition) is 1. The summed E-state index contributed by atoms with van der Waals surface area (Å²) in [5, 5.41) is 0. The zero-order valence-corrected chi connectivity index (χ0v) is 9.36. The molecule has 0 aliphatic carbocycles. The van der Waals surface area contributed by atoms with Gasteiger partial charge in [-0.15, -0.1) is 0 Å². The smallest absolute Gasteiger partial charge is 0.153 e. The van der Waals surface area contributed by atoms with Crippen molar-refractivity contribution in [3.8, 4) is 0 Å². The number of amidine groups is 1. The molecule has 14 heavy (non-hydrogen) atoms. The molecule has 0 bridgehead atoms. The first-order valence-electron chi connectivity index (χ1n) is 4.71. The molecule has 2 nitrogen and oxygen atoms in total. The van der Waals surface area contributed by atoms with Gasteiger partial charge in [-0.05, 0) is 20.8 Å². The van der Waals surface area contributed by atoms with Crippen LogP contribution in [0.5, 0.6) is 0 Å².